The predicted molar refractivity (Wildman–Crippen MR) is 234 cm³/mol. The molecule has 0 aliphatic carbocycles. The van der Waals surface area contributed by atoms with Gasteiger partial charge in [0.25, 0.3) is 0 Å². The first-order valence-corrected chi connectivity index (χ1v) is 22.6. The van der Waals surface area contributed by atoms with Crippen LogP contribution in [0.5, 0.6) is 0 Å². The summed E-state index contributed by atoms with van der Waals surface area (Å²) in [5.74, 6) is -4.01. The summed E-state index contributed by atoms with van der Waals surface area (Å²) in [6.45, 7) is 16.6. The second-order valence-electron chi connectivity index (χ2n) is 19.0. The topological polar surface area (TPSA) is 184 Å². The highest BCUT2D eigenvalue weighted by Gasteiger charge is 2.61. The monoisotopic (exact) mass is 890 g/mol. The molecule has 4 fully saturated rings. The summed E-state index contributed by atoms with van der Waals surface area (Å²) in [4.78, 5) is 45.6. The Morgan fingerprint density at radius 2 is 1.60 bits per heavy atom. The number of likely N-dealkylation sites (N-methyl/N-ethyl adjacent to an activating group) is 1. The van der Waals surface area contributed by atoms with Crippen LogP contribution in [0, 0.1) is 23.7 Å². The van der Waals surface area contributed by atoms with E-state index in [1.54, 1.807) is 41.7 Å². The fraction of sp³-hybridized carbons (Fsp3) is 0.766. The van der Waals surface area contributed by atoms with Gasteiger partial charge in [-0.1, -0.05) is 70.2 Å². The molecule has 4 heterocycles. The number of Topliss-reactive ketones (excluding diaryl/α,β-unsaturated/α-hetero) is 1. The number of nitrogens with zero attached hydrogens (tertiary/aromatic N) is 2. The van der Waals surface area contributed by atoms with E-state index in [9.17, 15) is 24.6 Å². The Morgan fingerprint density at radius 1 is 0.937 bits per heavy atom. The number of hydrazine groups is 1. The molecule has 1 unspecified atom stereocenters. The number of aliphatic hydroxyl groups is 2. The number of benzene rings is 1. The molecule has 16 nitrogen and oxygen atoms in total. The van der Waals surface area contributed by atoms with Gasteiger partial charge in [-0.15, -0.1) is 0 Å². The third kappa shape index (κ3) is 10.8. The highest BCUT2D eigenvalue weighted by atomic mass is 16.7. The van der Waals surface area contributed by atoms with Gasteiger partial charge in [-0.2, -0.15) is 0 Å². The van der Waals surface area contributed by atoms with Crippen LogP contribution < -0.4 is 5.43 Å². The Balaban J connectivity index is 1.60. The van der Waals surface area contributed by atoms with Crippen molar-refractivity contribution in [2.45, 2.75) is 166 Å². The zero-order valence-corrected chi connectivity index (χ0v) is 39.6. The maximum absolute atomic E-state index is 14.9. The fourth-order valence-corrected chi connectivity index (χ4v) is 10.4. The molecule has 17 atom stereocenters. The number of hydrogen-bond acceptors (Lipinski definition) is 15. The number of hydrogen-bond donors (Lipinski definition) is 3. The van der Waals surface area contributed by atoms with Crippen molar-refractivity contribution < 1.29 is 62.5 Å². The SMILES string of the molecule is CC[C@H]1OC(=O)[C@H](C)[C@@H](OC2C[C@@](C)(OC)[C@@H](O)[C@H](C)O2)[C@H](C)[C@@H](O[C@@H]2OCC[C@H](N(C)C)[C@H]2O)[C@](C)(OC)C[C@@H](C)C(=O)[C@H](C)[C@@H]2N(NC/C=C/c3ccccc3)C(=O)O[C@@]21C. The molecule has 0 saturated carbocycles. The van der Waals surface area contributed by atoms with Gasteiger partial charge in [-0.25, -0.2) is 15.2 Å². The van der Waals surface area contributed by atoms with Crippen LogP contribution in [0.1, 0.15) is 93.6 Å². The van der Waals surface area contributed by atoms with E-state index >= 15 is 0 Å². The number of cyclic esters (lactones) is 1. The Labute approximate surface area is 374 Å². The zero-order valence-electron chi connectivity index (χ0n) is 39.6. The van der Waals surface area contributed by atoms with E-state index in [-0.39, 0.29) is 37.6 Å². The van der Waals surface area contributed by atoms with Gasteiger partial charge >= 0.3 is 12.1 Å². The van der Waals surface area contributed by atoms with E-state index in [1.165, 1.54) is 12.1 Å². The van der Waals surface area contributed by atoms with Crippen LogP contribution in [-0.2, 0) is 47.5 Å². The summed E-state index contributed by atoms with van der Waals surface area (Å²) in [6, 6.07) is 8.56. The molecular weight excluding hydrogens is 815 g/mol. The van der Waals surface area contributed by atoms with E-state index < -0.39 is 108 Å². The number of carbonyl (C=O) groups is 3. The second-order valence-corrected chi connectivity index (χ2v) is 19.0. The number of rotatable bonds is 12. The first-order valence-electron chi connectivity index (χ1n) is 22.6. The van der Waals surface area contributed by atoms with Crippen LogP contribution in [-0.4, -0.2) is 158 Å². The van der Waals surface area contributed by atoms with Crippen molar-refractivity contribution in [3.8, 4) is 0 Å². The number of methoxy groups -OCH3 is 2. The van der Waals surface area contributed by atoms with Gasteiger partial charge in [0.1, 0.15) is 30.1 Å². The van der Waals surface area contributed by atoms with Crippen LogP contribution in [0.3, 0.4) is 0 Å². The second kappa shape index (κ2) is 21.1. The summed E-state index contributed by atoms with van der Waals surface area (Å²) in [6.07, 6.45) is -3.50. The van der Waals surface area contributed by atoms with Crippen LogP contribution in [0.25, 0.3) is 6.08 Å². The lowest BCUT2D eigenvalue weighted by molar-refractivity contribution is -0.314. The quantitative estimate of drug-likeness (QED) is 0.245. The number of ketones is 1. The zero-order chi connectivity index (χ0) is 46.6. The number of esters is 1. The van der Waals surface area contributed by atoms with E-state index in [0.29, 0.717) is 13.0 Å². The van der Waals surface area contributed by atoms with Gasteiger partial charge in [-0.3, -0.25) is 9.59 Å². The maximum Gasteiger partial charge on any atom is 0.425 e. The normalized spacial score (nSPS) is 42.2. The molecule has 16 heteroatoms. The molecule has 5 rings (SSSR count). The molecule has 0 bridgehead atoms. The predicted octanol–water partition coefficient (Wildman–Crippen LogP) is 4.74. The highest BCUT2D eigenvalue weighted by molar-refractivity contribution is 5.85. The van der Waals surface area contributed by atoms with Crippen molar-refractivity contribution in [1.29, 1.82) is 0 Å². The van der Waals surface area contributed by atoms with E-state index in [0.717, 1.165) is 5.56 Å². The van der Waals surface area contributed by atoms with Crippen molar-refractivity contribution >= 4 is 23.9 Å². The van der Waals surface area contributed by atoms with E-state index in [1.807, 2.05) is 89.2 Å². The minimum Gasteiger partial charge on any atom is -0.458 e. The Kier molecular flexibility index (Phi) is 17.0. The number of fused-ring (bicyclic) bond motifs is 1. The first kappa shape index (κ1) is 51.0. The van der Waals surface area contributed by atoms with Crippen LogP contribution in [0.4, 0.5) is 4.79 Å². The molecule has 3 N–H and O–H groups in total. The smallest absolute Gasteiger partial charge is 0.425 e. The maximum atomic E-state index is 14.9. The lowest BCUT2D eigenvalue weighted by Gasteiger charge is -2.49. The molecule has 0 radical (unpaired) electrons. The van der Waals surface area contributed by atoms with Crippen molar-refractivity contribution in [3.63, 3.8) is 0 Å². The summed E-state index contributed by atoms with van der Waals surface area (Å²) in [5, 5.41) is 24.1. The molecule has 1 aromatic rings. The summed E-state index contributed by atoms with van der Waals surface area (Å²) < 4.78 is 51.0. The van der Waals surface area contributed by atoms with Crippen LogP contribution in [0.2, 0.25) is 0 Å². The Morgan fingerprint density at radius 3 is 2.22 bits per heavy atom. The van der Waals surface area contributed by atoms with E-state index in [2.05, 4.69) is 5.43 Å². The van der Waals surface area contributed by atoms with Gasteiger partial charge < -0.3 is 53.0 Å². The molecule has 63 heavy (non-hydrogen) atoms. The average Bonchev–Trinajstić information content (AvgIpc) is 3.52. The van der Waals surface area contributed by atoms with Crippen molar-refractivity contribution in [2.24, 2.45) is 23.7 Å². The summed E-state index contributed by atoms with van der Waals surface area (Å²) in [5.41, 5.74) is 0.409. The van der Waals surface area contributed by atoms with Gasteiger partial charge in [0.2, 0.25) is 0 Å². The van der Waals surface area contributed by atoms with Crippen LogP contribution >= 0.6 is 0 Å². The van der Waals surface area contributed by atoms with Crippen molar-refractivity contribution in [1.82, 2.24) is 15.3 Å². The molecule has 4 aliphatic rings. The van der Waals surface area contributed by atoms with Gasteiger partial charge in [0, 0.05) is 51.0 Å². The number of amides is 1. The van der Waals surface area contributed by atoms with Gasteiger partial charge in [0.05, 0.1) is 42.0 Å². The number of ether oxygens (including phenoxy) is 8. The molecule has 1 amide bonds. The number of carbonyl (C=O) groups excluding carboxylic acids is 3. The average molecular weight is 890 g/mol. The molecule has 356 valence electrons. The lowest BCUT2D eigenvalue weighted by Crippen LogP contribution is -2.62. The van der Waals surface area contributed by atoms with Gasteiger partial charge in [-0.05, 0) is 73.5 Å². The van der Waals surface area contributed by atoms with Crippen molar-refractivity contribution in [2.75, 3.05) is 41.5 Å². The highest BCUT2D eigenvalue weighted by Crippen LogP contribution is 2.44. The third-order valence-corrected chi connectivity index (χ3v) is 14.3. The minimum atomic E-state index is -1.47. The summed E-state index contributed by atoms with van der Waals surface area (Å²) >= 11 is 0. The largest absolute Gasteiger partial charge is 0.458 e. The lowest BCUT2D eigenvalue weighted by atomic mass is 9.73. The molecule has 0 spiro atoms. The number of aliphatic hydroxyl groups excluding tert-OH is 2. The van der Waals surface area contributed by atoms with E-state index in [4.69, 9.17) is 37.9 Å². The third-order valence-electron chi connectivity index (χ3n) is 14.3. The standard InChI is InChI=1S/C47H75N3O13/c1-14-34-47(9)39(50(44(55)63-47)48-23-18-21-32-19-16-15-17-20-32)28(3)36(51)27(2)25-46(8,57-13)41(62-43-37(52)33(49(10)11)22-24-58-43)29(4)38(30(5)42(54)60-34)61-35-26-45(7,56-12)40(53)31(6)59-35/h15-21,27-31,33-35,37-41,43,48,52-53H,14,22-26H2,1-13H3/b21-18+/t27-,28+,29+,30-,31+,33+,34-,35?,37-,38+,39+,40+,41-,43+,45-,46-,47-/m1/s1. The first-order chi connectivity index (χ1) is 29.7. The van der Waals surface area contributed by atoms with Gasteiger partial charge in [0.15, 0.2) is 18.2 Å². The minimum absolute atomic E-state index is 0.127. The Bertz CT molecular complexity index is 1720. The molecule has 4 aliphatic heterocycles. The summed E-state index contributed by atoms with van der Waals surface area (Å²) in [7, 11) is 6.83. The number of nitrogens with one attached hydrogen (secondary N) is 1. The molecule has 4 saturated heterocycles. The fourth-order valence-electron chi connectivity index (χ4n) is 10.4. The van der Waals surface area contributed by atoms with Crippen LogP contribution in [0.15, 0.2) is 36.4 Å². The van der Waals surface area contributed by atoms with Crippen molar-refractivity contribution in [3.05, 3.63) is 42.0 Å². The molecular formula is C47H75N3O13. The molecule has 1 aromatic carbocycles. The Hall–Kier alpha value is -3.03. The molecule has 0 aromatic heterocycles.